The molecule has 1 saturated heterocycles. The molecule has 11 heteroatoms. The predicted molar refractivity (Wildman–Crippen MR) is 148 cm³/mol. The van der Waals surface area contributed by atoms with Gasteiger partial charge in [0.25, 0.3) is 0 Å². The lowest BCUT2D eigenvalue weighted by Gasteiger charge is -2.36. The third-order valence-electron chi connectivity index (χ3n) is 8.22. The number of aromatic hydroxyl groups is 1. The van der Waals surface area contributed by atoms with Crippen LogP contribution in [0.15, 0.2) is 54.7 Å². The average Bonchev–Trinajstić information content (AvgIpc) is 3.44. The van der Waals surface area contributed by atoms with Gasteiger partial charge in [0.15, 0.2) is 35.7 Å². The number of phenols is 1. The summed E-state index contributed by atoms with van der Waals surface area (Å²) in [5.74, 6) is 1.82. The zero-order valence-electron chi connectivity index (χ0n) is 22.9. The van der Waals surface area contributed by atoms with Gasteiger partial charge in [0.05, 0.1) is 18.1 Å². The van der Waals surface area contributed by atoms with E-state index in [2.05, 4.69) is 31.2 Å². The van der Waals surface area contributed by atoms with Crippen LogP contribution >= 0.6 is 0 Å². The van der Waals surface area contributed by atoms with Gasteiger partial charge in [-0.15, -0.1) is 13.2 Å². The lowest BCUT2D eigenvalue weighted by molar-refractivity contribution is -0.686. The van der Waals surface area contributed by atoms with Crippen LogP contribution in [0.4, 0.5) is 18.9 Å². The van der Waals surface area contributed by atoms with Crippen molar-refractivity contribution in [1.82, 2.24) is 4.90 Å². The molecule has 0 aliphatic carbocycles. The molecule has 4 aromatic rings. The van der Waals surface area contributed by atoms with Gasteiger partial charge in [-0.25, -0.2) is 0 Å². The van der Waals surface area contributed by atoms with Crippen LogP contribution in [0.25, 0.3) is 22.0 Å². The average molecular weight is 581 g/mol. The molecule has 0 saturated carbocycles. The van der Waals surface area contributed by atoms with Crippen molar-refractivity contribution < 1.29 is 41.8 Å². The van der Waals surface area contributed by atoms with Crippen LogP contribution < -0.4 is 28.4 Å². The number of methoxy groups -OCH3 is 1. The number of halogens is 3. The molecule has 1 fully saturated rings. The lowest BCUT2D eigenvalue weighted by atomic mass is 9.94. The molecule has 3 aliphatic rings. The second-order valence-corrected chi connectivity index (χ2v) is 10.7. The lowest BCUT2D eigenvalue weighted by Crippen LogP contribution is -2.46. The topological polar surface area (TPSA) is 67.5 Å². The van der Waals surface area contributed by atoms with Crippen molar-refractivity contribution >= 4 is 16.5 Å². The highest BCUT2D eigenvalue weighted by molar-refractivity contribution is 5.94. The molecule has 0 atom stereocenters. The molecular formula is C31H29F3N3O5+. The number of hydrogen-bond donors (Lipinski definition) is 1. The number of hydrogen-bond acceptors (Lipinski definition) is 7. The number of fused-ring (bicyclic) bond motifs is 5. The van der Waals surface area contributed by atoms with Crippen LogP contribution in [-0.2, 0) is 19.5 Å². The number of rotatable bonds is 5. The quantitative estimate of drug-likeness (QED) is 0.333. The van der Waals surface area contributed by atoms with Gasteiger partial charge in [-0.1, -0.05) is 0 Å². The molecule has 8 nitrogen and oxygen atoms in total. The van der Waals surface area contributed by atoms with Gasteiger partial charge >= 0.3 is 6.36 Å². The Balaban J connectivity index is 1.15. The van der Waals surface area contributed by atoms with Gasteiger partial charge < -0.3 is 29.0 Å². The first-order chi connectivity index (χ1) is 20.3. The fourth-order valence-corrected chi connectivity index (χ4v) is 6.12. The Morgan fingerprint density at radius 2 is 1.69 bits per heavy atom. The Kier molecular flexibility index (Phi) is 6.41. The number of phenolic OH excluding ortho intramolecular Hbond substituents is 1. The van der Waals surface area contributed by atoms with Crippen molar-refractivity contribution in [1.29, 1.82) is 0 Å². The minimum atomic E-state index is -4.71. The summed E-state index contributed by atoms with van der Waals surface area (Å²) < 4.78 is 60.5. The monoisotopic (exact) mass is 580 g/mol. The Hall–Kier alpha value is -4.38. The molecule has 3 aromatic carbocycles. The molecule has 3 aliphatic heterocycles. The minimum absolute atomic E-state index is 0.116. The number of ether oxygens (including phenoxy) is 4. The fraction of sp³-hybridized carbons (Fsp3) is 0.323. The number of pyridine rings is 1. The van der Waals surface area contributed by atoms with Gasteiger partial charge in [-0.05, 0) is 53.6 Å². The smallest absolute Gasteiger partial charge is 0.504 e. The number of aryl methyl sites for hydroxylation is 2. The highest BCUT2D eigenvalue weighted by Gasteiger charge is 2.32. The predicted octanol–water partition coefficient (Wildman–Crippen LogP) is 5.01. The van der Waals surface area contributed by atoms with Crippen LogP contribution in [0.5, 0.6) is 28.7 Å². The van der Waals surface area contributed by atoms with E-state index in [4.69, 9.17) is 14.2 Å². The van der Waals surface area contributed by atoms with Gasteiger partial charge in [-0.2, -0.15) is 4.57 Å². The normalized spacial score (nSPS) is 16.3. The molecular weight excluding hydrogens is 551 g/mol. The SMILES string of the molecule is COc1cc(CN2CCN(c3ccc(OC(F)(F)F)cc3)CC2)c2cc3[n+](cc2c1O)CCc1cc2c(cc1-3)OCO2. The van der Waals surface area contributed by atoms with Gasteiger partial charge in [0.1, 0.15) is 5.75 Å². The minimum Gasteiger partial charge on any atom is -0.504 e. The first-order valence-electron chi connectivity index (χ1n) is 13.8. The van der Waals surface area contributed by atoms with Crippen molar-refractivity contribution in [2.45, 2.75) is 25.9 Å². The second kappa shape index (κ2) is 10.2. The zero-order valence-corrected chi connectivity index (χ0v) is 22.9. The van der Waals surface area contributed by atoms with Crippen molar-refractivity contribution in [3.8, 4) is 40.0 Å². The van der Waals surface area contributed by atoms with Crippen LogP contribution in [0.3, 0.4) is 0 Å². The highest BCUT2D eigenvalue weighted by atomic mass is 19.4. The van der Waals surface area contributed by atoms with Gasteiger partial charge in [-0.3, -0.25) is 4.90 Å². The van der Waals surface area contributed by atoms with Crippen LogP contribution in [0, 0.1) is 0 Å². The number of piperazine rings is 1. The standard InChI is InChI=1S/C31H28F3N3O5/c1-39-29-13-20(16-35-8-10-36(11-9-35)21-2-4-22(5-3-21)42-31(32,33)34)23-14-26-24-15-28-27(40-18-41-28)12-19(24)6-7-37(26)17-25(23)30(29)38/h2-5,12-15,17H,6-11,16,18H2,1H3/p+1. The summed E-state index contributed by atoms with van der Waals surface area (Å²) >= 11 is 0. The second-order valence-electron chi connectivity index (χ2n) is 10.7. The van der Waals surface area contributed by atoms with Crippen molar-refractivity contribution in [3.05, 3.63) is 65.9 Å². The molecule has 1 aromatic heterocycles. The molecule has 0 amide bonds. The number of anilines is 1. The molecule has 0 unspecified atom stereocenters. The first kappa shape index (κ1) is 26.5. The van der Waals surface area contributed by atoms with E-state index in [1.165, 1.54) is 17.7 Å². The summed E-state index contributed by atoms with van der Waals surface area (Å²) in [6, 6.07) is 14.1. The maximum absolute atomic E-state index is 12.5. The number of nitrogens with zero attached hydrogens (tertiary/aromatic N) is 3. The molecule has 4 heterocycles. The van der Waals surface area contributed by atoms with Crippen molar-refractivity contribution in [3.63, 3.8) is 0 Å². The molecule has 0 radical (unpaired) electrons. The maximum atomic E-state index is 12.5. The van der Waals surface area contributed by atoms with E-state index in [1.807, 2.05) is 18.3 Å². The summed E-state index contributed by atoms with van der Waals surface area (Å²) in [5.41, 5.74) is 5.23. The van der Waals surface area contributed by atoms with Crippen molar-refractivity contribution in [2.75, 3.05) is 45.0 Å². The molecule has 0 bridgehead atoms. The first-order valence-corrected chi connectivity index (χ1v) is 13.8. The summed E-state index contributed by atoms with van der Waals surface area (Å²) in [6.07, 6.45) is -1.86. The summed E-state index contributed by atoms with van der Waals surface area (Å²) in [7, 11) is 1.55. The fourth-order valence-electron chi connectivity index (χ4n) is 6.12. The Bertz CT molecular complexity index is 1670. The Morgan fingerprint density at radius 3 is 2.40 bits per heavy atom. The molecule has 1 N–H and O–H groups in total. The Morgan fingerprint density at radius 1 is 0.952 bits per heavy atom. The van der Waals surface area contributed by atoms with Crippen LogP contribution in [0.2, 0.25) is 0 Å². The van der Waals surface area contributed by atoms with E-state index < -0.39 is 6.36 Å². The van der Waals surface area contributed by atoms with Crippen LogP contribution in [0.1, 0.15) is 11.1 Å². The number of alkyl halides is 3. The largest absolute Gasteiger partial charge is 0.573 e. The molecule has 0 spiro atoms. The van der Waals surface area contributed by atoms with E-state index in [0.29, 0.717) is 12.3 Å². The maximum Gasteiger partial charge on any atom is 0.573 e. The van der Waals surface area contributed by atoms with Gasteiger partial charge in [0.2, 0.25) is 12.5 Å². The zero-order chi connectivity index (χ0) is 29.0. The third kappa shape index (κ3) is 4.87. The van der Waals surface area contributed by atoms with E-state index in [-0.39, 0.29) is 18.3 Å². The molecule has 42 heavy (non-hydrogen) atoms. The molecule has 7 rings (SSSR count). The summed E-state index contributed by atoms with van der Waals surface area (Å²) in [6.45, 7) is 4.61. The molecule has 218 valence electrons. The summed E-state index contributed by atoms with van der Waals surface area (Å²) in [4.78, 5) is 4.49. The number of benzene rings is 3. The van der Waals surface area contributed by atoms with Crippen LogP contribution in [-0.4, -0.2) is 56.5 Å². The Labute approximate surface area is 240 Å². The third-order valence-corrected chi connectivity index (χ3v) is 8.22. The van der Waals surface area contributed by atoms with E-state index in [1.54, 1.807) is 19.2 Å². The summed E-state index contributed by atoms with van der Waals surface area (Å²) in [5, 5.41) is 12.8. The van der Waals surface area contributed by atoms with E-state index in [9.17, 15) is 18.3 Å². The van der Waals surface area contributed by atoms with Crippen molar-refractivity contribution in [2.24, 2.45) is 0 Å². The number of aromatic nitrogens is 1. The highest BCUT2D eigenvalue weighted by Crippen LogP contribution is 2.42. The van der Waals surface area contributed by atoms with Gasteiger partial charge in [0, 0.05) is 56.3 Å². The van der Waals surface area contributed by atoms with E-state index >= 15 is 0 Å². The van der Waals surface area contributed by atoms with E-state index in [0.717, 1.165) is 83.9 Å².